The maximum Gasteiger partial charge on any atom is 0.195 e. The SMILES string of the molecule is O=C1C(c2ccccc2)=C(c2ccc(Oc3ccc(-c4ccccc4)cc3)cc2)C(c2ccc(Oc3ccc(-c4ccccc4)cc3)cc2)=C1c1ccc(-c2ccccc2)cc1. The van der Waals surface area contributed by atoms with Crippen LogP contribution in [-0.4, -0.2) is 5.78 Å². The third-order valence-electron chi connectivity index (χ3n) is 11.2. The molecule has 294 valence electrons. The van der Waals surface area contributed by atoms with E-state index in [9.17, 15) is 0 Å². The van der Waals surface area contributed by atoms with E-state index in [2.05, 4.69) is 109 Å². The Labute approximate surface area is 362 Å². The van der Waals surface area contributed by atoms with Crippen molar-refractivity contribution in [2.45, 2.75) is 0 Å². The first-order valence-electron chi connectivity index (χ1n) is 20.8. The maximum absolute atomic E-state index is 15.1. The van der Waals surface area contributed by atoms with Crippen molar-refractivity contribution >= 4 is 28.1 Å². The summed E-state index contributed by atoms with van der Waals surface area (Å²) in [6.07, 6.45) is 0. The molecule has 0 aliphatic heterocycles. The largest absolute Gasteiger partial charge is 0.457 e. The number of hydrogen-bond donors (Lipinski definition) is 0. The molecule has 3 nitrogen and oxygen atoms in total. The second kappa shape index (κ2) is 17.1. The van der Waals surface area contributed by atoms with Gasteiger partial charge in [-0.1, -0.05) is 194 Å². The second-order valence-corrected chi connectivity index (χ2v) is 15.2. The molecule has 9 aromatic carbocycles. The fourth-order valence-corrected chi connectivity index (χ4v) is 8.14. The molecular weight excluding hydrogens is 757 g/mol. The zero-order chi connectivity index (χ0) is 41.7. The zero-order valence-corrected chi connectivity index (χ0v) is 33.8. The Balaban J connectivity index is 1.03. The van der Waals surface area contributed by atoms with Gasteiger partial charge < -0.3 is 9.47 Å². The normalized spacial score (nSPS) is 12.4. The van der Waals surface area contributed by atoms with Gasteiger partial charge in [0, 0.05) is 22.3 Å². The highest BCUT2D eigenvalue weighted by Crippen LogP contribution is 2.50. The predicted octanol–water partition coefficient (Wildman–Crippen LogP) is 15.4. The first kappa shape index (κ1) is 38.0. The molecule has 0 saturated heterocycles. The van der Waals surface area contributed by atoms with Crippen LogP contribution in [0.4, 0.5) is 0 Å². The van der Waals surface area contributed by atoms with Crippen molar-refractivity contribution in [3.05, 3.63) is 265 Å². The van der Waals surface area contributed by atoms with Gasteiger partial charge in [-0.15, -0.1) is 0 Å². The third-order valence-corrected chi connectivity index (χ3v) is 11.2. The first-order valence-corrected chi connectivity index (χ1v) is 20.8. The van der Waals surface area contributed by atoms with E-state index in [-0.39, 0.29) is 5.78 Å². The van der Waals surface area contributed by atoms with Crippen molar-refractivity contribution in [3.8, 4) is 56.4 Å². The van der Waals surface area contributed by atoms with Crippen molar-refractivity contribution in [2.75, 3.05) is 0 Å². The van der Waals surface area contributed by atoms with Gasteiger partial charge in [-0.3, -0.25) is 4.79 Å². The van der Waals surface area contributed by atoms with Crippen molar-refractivity contribution in [3.63, 3.8) is 0 Å². The standard InChI is InChI=1S/C59H40O3/c60-59-57(47-19-11-4-12-20-47)55(48-29-37-53(38-30-48)61-51-33-25-45(26-34-51)42-15-7-2-8-16-42)56(58(59)50-23-21-44(22-24-50)41-13-5-1-6-14-41)49-31-39-54(40-32-49)62-52-35-27-46(28-36-52)43-17-9-3-10-18-43/h1-40H. The molecule has 0 atom stereocenters. The Morgan fingerprint density at radius 2 is 0.387 bits per heavy atom. The maximum atomic E-state index is 15.1. The van der Waals surface area contributed by atoms with Crippen LogP contribution in [0.2, 0.25) is 0 Å². The average Bonchev–Trinajstić information content (AvgIpc) is 3.66. The fourth-order valence-electron chi connectivity index (χ4n) is 8.14. The van der Waals surface area contributed by atoms with Crippen molar-refractivity contribution in [1.82, 2.24) is 0 Å². The van der Waals surface area contributed by atoms with Crippen LogP contribution >= 0.6 is 0 Å². The summed E-state index contributed by atoms with van der Waals surface area (Å²) in [5.74, 6) is 2.87. The minimum atomic E-state index is -0.0219. The van der Waals surface area contributed by atoms with E-state index in [1.807, 2.05) is 133 Å². The molecule has 62 heavy (non-hydrogen) atoms. The van der Waals surface area contributed by atoms with Gasteiger partial charge in [0.05, 0.1) is 0 Å². The van der Waals surface area contributed by atoms with Crippen LogP contribution in [0.15, 0.2) is 243 Å². The van der Waals surface area contributed by atoms with Crippen LogP contribution in [0, 0.1) is 0 Å². The van der Waals surface area contributed by atoms with Crippen LogP contribution in [0.1, 0.15) is 22.3 Å². The van der Waals surface area contributed by atoms with Gasteiger partial charge in [0.1, 0.15) is 23.0 Å². The molecule has 0 fully saturated rings. The smallest absolute Gasteiger partial charge is 0.195 e. The molecular formula is C59H40O3. The summed E-state index contributed by atoms with van der Waals surface area (Å²) in [5, 5.41) is 0. The lowest BCUT2D eigenvalue weighted by atomic mass is 9.89. The minimum absolute atomic E-state index is 0.0219. The van der Waals surface area contributed by atoms with Gasteiger partial charge in [-0.05, 0) is 104 Å². The number of carbonyl (C=O) groups is 1. The lowest BCUT2D eigenvalue weighted by Gasteiger charge is -2.15. The summed E-state index contributed by atoms with van der Waals surface area (Å²) < 4.78 is 12.7. The Morgan fingerprint density at radius 3 is 0.694 bits per heavy atom. The highest BCUT2D eigenvalue weighted by Gasteiger charge is 2.35. The number of carbonyl (C=O) groups excluding carboxylic acids is 1. The number of benzene rings is 9. The van der Waals surface area contributed by atoms with Gasteiger partial charge in [0.2, 0.25) is 0 Å². The van der Waals surface area contributed by atoms with E-state index < -0.39 is 0 Å². The van der Waals surface area contributed by atoms with Crippen LogP contribution in [0.3, 0.4) is 0 Å². The zero-order valence-electron chi connectivity index (χ0n) is 33.8. The van der Waals surface area contributed by atoms with Crippen LogP contribution in [0.5, 0.6) is 23.0 Å². The van der Waals surface area contributed by atoms with Crippen molar-refractivity contribution < 1.29 is 14.3 Å². The summed E-state index contributed by atoms with van der Waals surface area (Å²) in [5.41, 5.74) is 13.3. The summed E-state index contributed by atoms with van der Waals surface area (Å²) in [7, 11) is 0. The quantitative estimate of drug-likeness (QED) is 0.131. The average molecular weight is 797 g/mol. The molecule has 0 N–H and O–H groups in total. The van der Waals surface area contributed by atoms with Crippen LogP contribution in [-0.2, 0) is 4.79 Å². The summed E-state index contributed by atoms with van der Waals surface area (Å²) in [6.45, 7) is 0. The number of Topliss-reactive ketones (excluding diaryl/α,β-unsaturated/α-hetero) is 1. The van der Waals surface area contributed by atoms with Crippen LogP contribution < -0.4 is 9.47 Å². The Hall–Kier alpha value is -8.27. The minimum Gasteiger partial charge on any atom is -0.457 e. The van der Waals surface area contributed by atoms with Gasteiger partial charge in [-0.2, -0.15) is 0 Å². The molecule has 0 heterocycles. The molecule has 9 aromatic rings. The summed E-state index contributed by atoms with van der Waals surface area (Å²) in [4.78, 5) is 15.1. The first-order chi connectivity index (χ1) is 30.6. The van der Waals surface area contributed by atoms with Gasteiger partial charge >= 0.3 is 0 Å². The van der Waals surface area contributed by atoms with Gasteiger partial charge in [0.15, 0.2) is 5.78 Å². The van der Waals surface area contributed by atoms with E-state index in [0.29, 0.717) is 22.6 Å². The molecule has 1 aliphatic carbocycles. The predicted molar refractivity (Wildman–Crippen MR) is 254 cm³/mol. The molecule has 10 rings (SSSR count). The van der Waals surface area contributed by atoms with E-state index in [1.54, 1.807) is 0 Å². The summed E-state index contributed by atoms with van der Waals surface area (Å²) >= 11 is 0. The van der Waals surface area contributed by atoms with Crippen molar-refractivity contribution in [1.29, 1.82) is 0 Å². The highest BCUT2D eigenvalue weighted by atomic mass is 16.5. The lowest BCUT2D eigenvalue weighted by molar-refractivity contribution is -0.108. The monoisotopic (exact) mass is 796 g/mol. The van der Waals surface area contributed by atoms with Crippen molar-refractivity contribution in [2.24, 2.45) is 0 Å². The Bertz CT molecular complexity index is 3020. The molecule has 0 radical (unpaired) electrons. The Kier molecular flexibility index (Phi) is 10.5. The van der Waals surface area contributed by atoms with E-state index >= 15 is 4.79 Å². The highest BCUT2D eigenvalue weighted by molar-refractivity contribution is 6.59. The molecule has 0 amide bonds. The molecule has 0 saturated carbocycles. The number of hydrogen-bond acceptors (Lipinski definition) is 3. The molecule has 0 aromatic heterocycles. The van der Waals surface area contributed by atoms with Gasteiger partial charge in [0.25, 0.3) is 0 Å². The second-order valence-electron chi connectivity index (χ2n) is 15.2. The lowest BCUT2D eigenvalue weighted by Crippen LogP contribution is -2.02. The molecule has 1 aliphatic rings. The summed E-state index contributed by atoms with van der Waals surface area (Å²) in [6, 6.07) is 81.6. The van der Waals surface area contributed by atoms with E-state index in [4.69, 9.17) is 9.47 Å². The molecule has 0 unspecified atom stereocenters. The van der Waals surface area contributed by atoms with Crippen LogP contribution in [0.25, 0.3) is 55.7 Å². The number of ketones is 1. The van der Waals surface area contributed by atoms with E-state index in [0.717, 1.165) is 78.3 Å². The fraction of sp³-hybridized carbons (Fsp3) is 0. The molecule has 3 heteroatoms. The Morgan fingerprint density at radius 1 is 0.194 bits per heavy atom. The number of allylic oxidation sites excluding steroid dienone is 4. The number of ether oxygens (including phenoxy) is 2. The third kappa shape index (κ3) is 7.91. The van der Waals surface area contributed by atoms with E-state index in [1.165, 1.54) is 0 Å². The molecule has 0 spiro atoms. The molecule has 0 bridgehead atoms. The topological polar surface area (TPSA) is 35.5 Å². The van der Waals surface area contributed by atoms with Gasteiger partial charge in [-0.25, -0.2) is 0 Å². The number of rotatable bonds is 11.